The van der Waals surface area contributed by atoms with Crippen molar-refractivity contribution < 1.29 is 4.74 Å². The van der Waals surface area contributed by atoms with Crippen molar-refractivity contribution in [1.29, 1.82) is 0 Å². The topological polar surface area (TPSA) is 38.5 Å². The zero-order chi connectivity index (χ0) is 11.6. The van der Waals surface area contributed by atoms with E-state index in [2.05, 4.69) is 18.7 Å². The minimum absolute atomic E-state index is 0.208. The first-order valence-corrected chi connectivity index (χ1v) is 6.66. The van der Waals surface area contributed by atoms with Gasteiger partial charge in [0.25, 0.3) is 0 Å². The van der Waals surface area contributed by atoms with Crippen LogP contribution in [0.15, 0.2) is 0 Å². The summed E-state index contributed by atoms with van der Waals surface area (Å²) in [4.78, 5) is 2.60. The van der Waals surface area contributed by atoms with Gasteiger partial charge >= 0.3 is 0 Å². The van der Waals surface area contributed by atoms with Crippen molar-refractivity contribution in [3.63, 3.8) is 0 Å². The summed E-state index contributed by atoms with van der Waals surface area (Å²) in [5.74, 6) is 0.807. The van der Waals surface area contributed by atoms with Gasteiger partial charge in [-0.25, -0.2) is 0 Å². The maximum absolute atomic E-state index is 6.05. The predicted molar refractivity (Wildman–Crippen MR) is 66.4 cm³/mol. The lowest BCUT2D eigenvalue weighted by Gasteiger charge is -2.44. The lowest BCUT2D eigenvalue weighted by atomic mass is 9.85. The second-order valence-corrected chi connectivity index (χ2v) is 6.10. The highest BCUT2D eigenvalue weighted by Crippen LogP contribution is 2.27. The normalized spacial score (nSPS) is 36.2. The fraction of sp³-hybridized carbons (Fsp3) is 1.00. The van der Waals surface area contributed by atoms with E-state index in [-0.39, 0.29) is 5.54 Å². The van der Waals surface area contributed by atoms with Gasteiger partial charge in [-0.15, -0.1) is 0 Å². The third-order valence-electron chi connectivity index (χ3n) is 4.12. The highest BCUT2D eigenvalue weighted by Gasteiger charge is 2.32. The van der Waals surface area contributed by atoms with Crippen LogP contribution in [0.5, 0.6) is 0 Å². The Labute approximate surface area is 99.3 Å². The second-order valence-electron chi connectivity index (χ2n) is 6.10. The zero-order valence-corrected chi connectivity index (χ0v) is 10.7. The van der Waals surface area contributed by atoms with E-state index in [0.717, 1.165) is 25.7 Å². The van der Waals surface area contributed by atoms with E-state index in [1.54, 1.807) is 0 Å². The summed E-state index contributed by atoms with van der Waals surface area (Å²) in [6.07, 6.45) is 5.12. The van der Waals surface area contributed by atoms with Gasteiger partial charge in [-0.3, -0.25) is 4.90 Å². The Balaban J connectivity index is 1.87. The molecular weight excluding hydrogens is 200 g/mol. The Morgan fingerprint density at radius 3 is 2.88 bits per heavy atom. The molecule has 0 aromatic rings. The Kier molecular flexibility index (Phi) is 3.88. The molecule has 2 aliphatic rings. The second kappa shape index (κ2) is 5.03. The van der Waals surface area contributed by atoms with Gasteiger partial charge in [0.15, 0.2) is 0 Å². The van der Waals surface area contributed by atoms with E-state index in [1.807, 2.05) is 0 Å². The maximum atomic E-state index is 6.05. The summed E-state index contributed by atoms with van der Waals surface area (Å²) in [6, 6.07) is 0.447. The van der Waals surface area contributed by atoms with E-state index >= 15 is 0 Å². The van der Waals surface area contributed by atoms with Crippen LogP contribution in [0.4, 0.5) is 0 Å². The van der Waals surface area contributed by atoms with Crippen molar-refractivity contribution in [3.05, 3.63) is 0 Å². The number of ether oxygens (including phenoxy) is 1. The van der Waals surface area contributed by atoms with Crippen LogP contribution >= 0.6 is 0 Å². The quantitative estimate of drug-likeness (QED) is 0.777. The maximum Gasteiger partial charge on any atom is 0.0645 e. The van der Waals surface area contributed by atoms with E-state index in [4.69, 9.17) is 10.5 Å². The van der Waals surface area contributed by atoms with Gasteiger partial charge in [-0.1, -0.05) is 6.42 Å². The number of rotatable bonds is 2. The molecule has 3 nitrogen and oxygen atoms in total. The van der Waals surface area contributed by atoms with Crippen LogP contribution in [0.25, 0.3) is 0 Å². The Hall–Kier alpha value is -0.120. The van der Waals surface area contributed by atoms with Crippen molar-refractivity contribution in [2.75, 3.05) is 26.3 Å². The van der Waals surface area contributed by atoms with Crippen molar-refractivity contribution in [2.45, 2.75) is 51.1 Å². The van der Waals surface area contributed by atoms with Crippen LogP contribution in [0, 0.1) is 5.92 Å². The minimum Gasteiger partial charge on any atom is -0.378 e. The van der Waals surface area contributed by atoms with Crippen LogP contribution in [0.1, 0.15) is 39.5 Å². The summed E-state index contributed by atoms with van der Waals surface area (Å²) in [5, 5.41) is 0. The minimum atomic E-state index is 0.208. The fourth-order valence-corrected chi connectivity index (χ4v) is 3.04. The molecule has 0 spiro atoms. The molecule has 2 unspecified atom stereocenters. The smallest absolute Gasteiger partial charge is 0.0645 e. The third-order valence-corrected chi connectivity index (χ3v) is 4.12. The predicted octanol–water partition coefficient (Wildman–Crippen LogP) is 1.61. The molecule has 1 saturated carbocycles. The first-order valence-electron chi connectivity index (χ1n) is 6.66. The first-order chi connectivity index (χ1) is 7.58. The van der Waals surface area contributed by atoms with Gasteiger partial charge in [0.05, 0.1) is 13.2 Å². The highest BCUT2D eigenvalue weighted by atomic mass is 16.5. The molecule has 0 aromatic heterocycles. The van der Waals surface area contributed by atoms with Gasteiger partial charge in [0.1, 0.15) is 0 Å². The summed E-state index contributed by atoms with van der Waals surface area (Å²) in [7, 11) is 0. The summed E-state index contributed by atoms with van der Waals surface area (Å²) in [6.45, 7) is 8.63. The lowest BCUT2D eigenvalue weighted by Crippen LogP contribution is -2.54. The molecule has 1 aliphatic heterocycles. The van der Waals surface area contributed by atoms with Crippen LogP contribution in [-0.4, -0.2) is 42.8 Å². The van der Waals surface area contributed by atoms with Gasteiger partial charge in [-0.2, -0.15) is 0 Å². The molecule has 2 N–H and O–H groups in total. The molecule has 16 heavy (non-hydrogen) atoms. The number of hydrogen-bond acceptors (Lipinski definition) is 3. The Morgan fingerprint density at radius 2 is 2.19 bits per heavy atom. The zero-order valence-electron chi connectivity index (χ0n) is 10.7. The largest absolute Gasteiger partial charge is 0.378 e. The number of morpholine rings is 1. The standard InChI is InChI=1S/C13H26N2O/c1-13(2)10-16-7-6-15(13)9-11-4-3-5-12(14)8-11/h11-12H,3-10,14H2,1-2H3. The van der Waals surface area contributed by atoms with Gasteiger partial charge in [-0.05, 0) is 39.0 Å². The van der Waals surface area contributed by atoms with Crippen LogP contribution in [0.3, 0.4) is 0 Å². The molecule has 1 heterocycles. The Bertz CT molecular complexity index is 230. The number of nitrogens with zero attached hydrogens (tertiary/aromatic N) is 1. The average Bonchev–Trinajstić information content (AvgIpc) is 2.21. The van der Waals surface area contributed by atoms with Gasteiger partial charge in [0.2, 0.25) is 0 Å². The summed E-state index contributed by atoms with van der Waals surface area (Å²) in [5.41, 5.74) is 6.26. The summed E-state index contributed by atoms with van der Waals surface area (Å²) >= 11 is 0. The first kappa shape index (κ1) is 12.3. The van der Waals surface area contributed by atoms with Crippen LogP contribution in [-0.2, 0) is 4.74 Å². The van der Waals surface area contributed by atoms with Crippen LogP contribution in [0.2, 0.25) is 0 Å². The molecule has 94 valence electrons. The van der Waals surface area contributed by atoms with Crippen molar-refractivity contribution >= 4 is 0 Å². The van der Waals surface area contributed by atoms with Crippen molar-refractivity contribution in [1.82, 2.24) is 4.90 Å². The third kappa shape index (κ3) is 2.96. The fourth-order valence-electron chi connectivity index (χ4n) is 3.04. The molecule has 2 fully saturated rings. The van der Waals surface area contributed by atoms with Crippen LogP contribution < -0.4 is 5.73 Å². The average molecular weight is 226 g/mol. The SMILES string of the molecule is CC1(C)COCCN1CC1CCCC(N)C1. The number of hydrogen-bond donors (Lipinski definition) is 1. The lowest BCUT2D eigenvalue weighted by molar-refractivity contribution is -0.0593. The molecule has 3 heteroatoms. The van der Waals surface area contributed by atoms with Crippen molar-refractivity contribution in [2.24, 2.45) is 11.7 Å². The van der Waals surface area contributed by atoms with E-state index < -0.39 is 0 Å². The molecule has 2 atom stereocenters. The van der Waals surface area contributed by atoms with Gasteiger partial charge < -0.3 is 10.5 Å². The molecule has 2 rings (SSSR count). The molecule has 1 aliphatic carbocycles. The number of nitrogens with two attached hydrogens (primary N) is 1. The van der Waals surface area contributed by atoms with E-state index in [0.29, 0.717) is 6.04 Å². The van der Waals surface area contributed by atoms with Gasteiger partial charge in [0, 0.05) is 24.7 Å². The Morgan fingerprint density at radius 1 is 1.38 bits per heavy atom. The molecule has 1 saturated heterocycles. The molecular formula is C13H26N2O. The van der Waals surface area contributed by atoms with Crippen molar-refractivity contribution in [3.8, 4) is 0 Å². The highest BCUT2D eigenvalue weighted by molar-refractivity contribution is 4.87. The van der Waals surface area contributed by atoms with E-state index in [1.165, 1.54) is 32.2 Å². The molecule has 0 radical (unpaired) electrons. The monoisotopic (exact) mass is 226 g/mol. The molecule has 0 bridgehead atoms. The summed E-state index contributed by atoms with van der Waals surface area (Å²) < 4.78 is 5.56. The van der Waals surface area contributed by atoms with E-state index in [9.17, 15) is 0 Å². The molecule has 0 amide bonds. The molecule has 0 aromatic carbocycles.